The lowest BCUT2D eigenvalue weighted by atomic mass is 10.1. The molecule has 3 rings (SSSR count). The zero-order valence-electron chi connectivity index (χ0n) is 10.6. The van der Waals surface area contributed by atoms with Gasteiger partial charge in [0.1, 0.15) is 5.82 Å². The maximum atomic E-state index is 5.77. The molecule has 2 N–H and O–H groups in total. The summed E-state index contributed by atoms with van der Waals surface area (Å²) in [6.45, 7) is 0.830. The van der Waals surface area contributed by atoms with Gasteiger partial charge in [-0.2, -0.15) is 9.97 Å². The second-order valence-electron chi connectivity index (χ2n) is 4.64. The molecule has 1 unspecified atom stereocenters. The predicted molar refractivity (Wildman–Crippen MR) is 72.4 cm³/mol. The summed E-state index contributed by atoms with van der Waals surface area (Å²) < 4.78 is 5.60. The van der Waals surface area contributed by atoms with Gasteiger partial charge in [0.2, 0.25) is 5.95 Å². The number of hydrogen-bond donors (Lipinski definition) is 1. The fourth-order valence-corrected chi connectivity index (χ4v) is 2.25. The third kappa shape index (κ3) is 2.88. The molecular weight excluding hydrogens is 240 g/mol. The first-order chi connectivity index (χ1) is 9.31. The number of nitrogens with zero attached hydrogens (tertiary/aromatic N) is 3. The van der Waals surface area contributed by atoms with Crippen molar-refractivity contribution in [3.8, 4) is 11.4 Å². The summed E-state index contributed by atoms with van der Waals surface area (Å²) in [4.78, 5) is 12.9. The Bertz CT molecular complexity index is 553. The lowest BCUT2D eigenvalue weighted by Crippen LogP contribution is -2.13. The number of nitrogens with two attached hydrogens (primary N) is 1. The summed E-state index contributed by atoms with van der Waals surface area (Å²) >= 11 is 0. The number of benzene rings is 1. The molecule has 5 nitrogen and oxygen atoms in total. The topological polar surface area (TPSA) is 73.9 Å². The van der Waals surface area contributed by atoms with Crippen LogP contribution in [-0.2, 0) is 11.2 Å². The summed E-state index contributed by atoms with van der Waals surface area (Å²) in [5.41, 5.74) is 6.72. The Hall–Kier alpha value is -2.01. The molecule has 1 fully saturated rings. The van der Waals surface area contributed by atoms with Gasteiger partial charge < -0.3 is 10.5 Å². The molecule has 0 bridgehead atoms. The first-order valence-electron chi connectivity index (χ1n) is 6.49. The van der Waals surface area contributed by atoms with E-state index in [1.54, 1.807) is 0 Å². The zero-order chi connectivity index (χ0) is 13.1. The average Bonchev–Trinajstić information content (AvgIpc) is 2.92. The van der Waals surface area contributed by atoms with Crippen molar-refractivity contribution >= 4 is 5.95 Å². The zero-order valence-corrected chi connectivity index (χ0v) is 10.6. The molecule has 0 aliphatic carbocycles. The maximum absolute atomic E-state index is 5.77. The average molecular weight is 256 g/mol. The molecule has 1 aromatic heterocycles. The van der Waals surface area contributed by atoms with E-state index in [0.29, 0.717) is 18.1 Å². The highest BCUT2D eigenvalue weighted by molar-refractivity contribution is 5.55. The number of aromatic nitrogens is 3. The van der Waals surface area contributed by atoms with Crippen molar-refractivity contribution in [2.45, 2.75) is 25.4 Å². The van der Waals surface area contributed by atoms with E-state index in [9.17, 15) is 0 Å². The fourth-order valence-electron chi connectivity index (χ4n) is 2.25. The minimum atomic E-state index is 0.213. The van der Waals surface area contributed by atoms with Gasteiger partial charge in [0.05, 0.1) is 6.10 Å². The number of anilines is 1. The van der Waals surface area contributed by atoms with Gasteiger partial charge in [0, 0.05) is 18.6 Å². The molecular formula is C14H16N4O. The van der Waals surface area contributed by atoms with Crippen molar-refractivity contribution in [1.29, 1.82) is 0 Å². The van der Waals surface area contributed by atoms with E-state index in [-0.39, 0.29) is 12.1 Å². The van der Waals surface area contributed by atoms with E-state index in [4.69, 9.17) is 10.5 Å². The highest BCUT2D eigenvalue weighted by Gasteiger charge is 2.18. The summed E-state index contributed by atoms with van der Waals surface area (Å²) in [6, 6.07) is 9.79. The summed E-state index contributed by atoms with van der Waals surface area (Å²) in [5, 5.41) is 0. The van der Waals surface area contributed by atoms with Gasteiger partial charge in [-0.3, -0.25) is 0 Å². The Kier molecular flexibility index (Phi) is 3.37. The van der Waals surface area contributed by atoms with Crippen molar-refractivity contribution in [2.24, 2.45) is 0 Å². The van der Waals surface area contributed by atoms with Crippen LogP contribution < -0.4 is 5.73 Å². The highest BCUT2D eigenvalue weighted by Crippen LogP contribution is 2.18. The normalized spacial score (nSPS) is 18.6. The molecule has 1 aromatic carbocycles. The molecule has 19 heavy (non-hydrogen) atoms. The molecule has 1 atom stereocenters. The van der Waals surface area contributed by atoms with Crippen LogP contribution in [-0.4, -0.2) is 27.7 Å². The lowest BCUT2D eigenvalue weighted by Gasteiger charge is -2.09. The van der Waals surface area contributed by atoms with E-state index >= 15 is 0 Å². The Morgan fingerprint density at radius 3 is 2.74 bits per heavy atom. The van der Waals surface area contributed by atoms with Gasteiger partial charge in [0.25, 0.3) is 0 Å². The second kappa shape index (κ2) is 5.32. The molecule has 0 radical (unpaired) electrons. The first-order valence-corrected chi connectivity index (χ1v) is 6.49. The minimum Gasteiger partial charge on any atom is -0.378 e. The van der Waals surface area contributed by atoms with E-state index in [1.807, 2.05) is 30.3 Å². The van der Waals surface area contributed by atoms with Crippen molar-refractivity contribution in [3.63, 3.8) is 0 Å². The smallest absolute Gasteiger partial charge is 0.223 e. The van der Waals surface area contributed by atoms with Crippen LogP contribution >= 0.6 is 0 Å². The molecule has 0 spiro atoms. The highest BCUT2D eigenvalue weighted by atomic mass is 16.5. The van der Waals surface area contributed by atoms with Crippen molar-refractivity contribution in [1.82, 2.24) is 15.0 Å². The molecule has 1 aliphatic rings. The van der Waals surface area contributed by atoms with E-state index < -0.39 is 0 Å². The SMILES string of the molecule is Nc1nc(CC2CCCO2)nc(-c2ccccc2)n1. The quantitative estimate of drug-likeness (QED) is 0.907. The van der Waals surface area contributed by atoms with Crippen molar-refractivity contribution in [2.75, 3.05) is 12.3 Å². The van der Waals surface area contributed by atoms with E-state index in [0.717, 1.165) is 25.0 Å². The minimum absolute atomic E-state index is 0.213. The van der Waals surface area contributed by atoms with Crippen LogP contribution in [0.5, 0.6) is 0 Å². The molecule has 1 saturated heterocycles. The van der Waals surface area contributed by atoms with Crippen LogP contribution in [0.3, 0.4) is 0 Å². The number of rotatable bonds is 3. The summed E-state index contributed by atoms with van der Waals surface area (Å²) in [5.74, 6) is 1.60. The molecule has 2 heterocycles. The van der Waals surface area contributed by atoms with Crippen LogP contribution in [0.4, 0.5) is 5.95 Å². The lowest BCUT2D eigenvalue weighted by molar-refractivity contribution is 0.110. The molecule has 1 aliphatic heterocycles. The van der Waals surface area contributed by atoms with Crippen LogP contribution in [0.2, 0.25) is 0 Å². The summed E-state index contributed by atoms with van der Waals surface area (Å²) in [7, 11) is 0. The molecule has 0 amide bonds. The molecule has 2 aromatic rings. The van der Waals surface area contributed by atoms with E-state index in [1.165, 1.54) is 0 Å². The Labute approximate surface area is 111 Å². The molecule has 0 saturated carbocycles. The van der Waals surface area contributed by atoms with Crippen LogP contribution in [0.1, 0.15) is 18.7 Å². The number of ether oxygens (including phenoxy) is 1. The monoisotopic (exact) mass is 256 g/mol. The summed E-state index contributed by atoms with van der Waals surface area (Å²) in [6.07, 6.45) is 3.08. The van der Waals surface area contributed by atoms with Crippen LogP contribution in [0.25, 0.3) is 11.4 Å². The van der Waals surface area contributed by atoms with Crippen molar-refractivity contribution in [3.05, 3.63) is 36.2 Å². The van der Waals surface area contributed by atoms with Gasteiger partial charge in [-0.25, -0.2) is 4.98 Å². The third-order valence-electron chi connectivity index (χ3n) is 3.17. The Balaban J connectivity index is 1.87. The Morgan fingerprint density at radius 1 is 1.16 bits per heavy atom. The second-order valence-corrected chi connectivity index (χ2v) is 4.64. The number of nitrogen functional groups attached to an aromatic ring is 1. The van der Waals surface area contributed by atoms with Gasteiger partial charge >= 0.3 is 0 Å². The van der Waals surface area contributed by atoms with Gasteiger partial charge in [0.15, 0.2) is 5.82 Å². The molecule has 5 heteroatoms. The molecule has 98 valence electrons. The predicted octanol–water partition coefficient (Wildman–Crippen LogP) is 1.84. The Morgan fingerprint density at radius 2 is 2.00 bits per heavy atom. The van der Waals surface area contributed by atoms with E-state index in [2.05, 4.69) is 15.0 Å². The first kappa shape index (κ1) is 12.0. The van der Waals surface area contributed by atoms with Gasteiger partial charge in [-0.05, 0) is 12.8 Å². The largest absolute Gasteiger partial charge is 0.378 e. The fraction of sp³-hybridized carbons (Fsp3) is 0.357. The maximum Gasteiger partial charge on any atom is 0.223 e. The standard InChI is InChI=1S/C14H16N4O/c15-14-17-12(9-11-7-4-8-19-11)16-13(18-14)10-5-2-1-3-6-10/h1-3,5-6,11H,4,7-9H2,(H2,15,16,17,18). The van der Waals surface area contributed by atoms with Gasteiger partial charge in [-0.1, -0.05) is 30.3 Å². The van der Waals surface area contributed by atoms with Crippen LogP contribution in [0.15, 0.2) is 30.3 Å². The van der Waals surface area contributed by atoms with Crippen molar-refractivity contribution < 1.29 is 4.74 Å². The van der Waals surface area contributed by atoms with Gasteiger partial charge in [-0.15, -0.1) is 0 Å². The number of hydrogen-bond acceptors (Lipinski definition) is 5. The van der Waals surface area contributed by atoms with Crippen LogP contribution in [0, 0.1) is 0 Å². The third-order valence-corrected chi connectivity index (χ3v) is 3.17.